The first-order valence-electron chi connectivity index (χ1n) is 8.63. The molecule has 0 N–H and O–H groups in total. The van der Waals surface area contributed by atoms with E-state index in [2.05, 4.69) is 253 Å². The molecule has 56 heteroatoms. The summed E-state index contributed by atoms with van der Waals surface area (Å²) in [4.78, 5) is 0. The zero-order chi connectivity index (χ0) is 54.1. The maximum atomic E-state index is 7.18. The van der Waals surface area contributed by atoms with Crippen LogP contribution in [-0.2, 0) is 202 Å². The summed E-state index contributed by atoms with van der Waals surface area (Å²) in [7, 11) is 0. The molecule has 0 aromatic carbocycles. The molecule has 0 aromatic heterocycles. The van der Waals surface area contributed by atoms with Crippen molar-refractivity contribution in [1.29, 1.82) is 105 Å². The molecule has 0 heterocycles. The van der Waals surface area contributed by atoms with Gasteiger partial charge in [0.25, 0.3) is 0 Å². The van der Waals surface area contributed by atoms with Gasteiger partial charge < -0.3 is 202 Å². The molecule has 76 heavy (non-hydrogen) atoms. The number of thiocyanates is 20. The van der Waals surface area contributed by atoms with Crippen LogP contribution < -0.4 is 473 Å². The predicted octanol–water partition coefficient (Wildman–Crippen LogP) is -46.1. The van der Waals surface area contributed by atoms with E-state index >= 15 is 0 Å². The van der Waals surface area contributed by atoms with E-state index < -0.39 is 0 Å². The molecule has 0 spiro atoms. The van der Waals surface area contributed by atoms with E-state index in [1.807, 2.05) is 0 Å². The van der Waals surface area contributed by atoms with Gasteiger partial charge in [0.1, 0.15) is 21.6 Å². The zero-order valence-corrected chi connectivity index (χ0v) is 91.9. The molecule has 0 saturated heterocycles. The molecule has 0 aliphatic heterocycles. The Labute approximate surface area is 914 Å². The Morgan fingerprint density at radius 2 is 0.132 bits per heavy atom. The summed E-state index contributed by atoms with van der Waals surface area (Å²) in [6.45, 7) is 0. The van der Waals surface area contributed by atoms with Gasteiger partial charge in [-0.3, -0.25) is 0 Å². The fourth-order valence-electron chi connectivity index (χ4n) is 0. The van der Waals surface area contributed by atoms with Crippen molar-refractivity contribution in [3.8, 4) is 108 Å². The van der Waals surface area contributed by atoms with Crippen LogP contribution in [-0.4, -0.2) is 0 Å². The predicted molar refractivity (Wildman–Crippen MR) is 266 cm³/mol. The normalized spacial score (nSPS) is 1.89. The van der Waals surface area contributed by atoms with Gasteiger partial charge in [-0.25, -0.2) is 84.2 Å². The van der Waals surface area contributed by atoms with Gasteiger partial charge in [-0.2, -0.15) is 21.0 Å². The third-order valence-electron chi connectivity index (χ3n) is 0. The quantitative estimate of drug-likeness (QED) is 0.0757. The van der Waals surface area contributed by atoms with E-state index in [4.69, 9.17) is 105 Å². The average Bonchev–Trinajstić information content (AvgIpc) is 3.12. The fraction of sp³-hybridized carbons (Fsp3) is 0. The number of rotatable bonds is 0. The van der Waals surface area contributed by atoms with Crippen LogP contribution in [0.3, 0.4) is 0 Å². The molecule has 0 unspecified atom stereocenters. The van der Waals surface area contributed by atoms with Crippen LogP contribution in [0.15, 0.2) is 0 Å². The largest absolute Gasteiger partial charge is 1.00 e. The van der Waals surface area contributed by atoms with Crippen molar-refractivity contribution in [2.75, 3.05) is 0 Å². The zero-order valence-electron chi connectivity index (χ0n) is 43.3. The van der Waals surface area contributed by atoms with Crippen LogP contribution in [0.5, 0.6) is 0 Å². The van der Waals surface area contributed by atoms with Gasteiger partial charge in [0.15, 0.2) is 0 Å². The second kappa shape index (κ2) is 652. The Morgan fingerprint density at radius 1 is 0.132 bits per heavy atom. The van der Waals surface area contributed by atoms with Crippen molar-refractivity contribution in [1.82, 2.24) is 0 Å². The molecule has 0 aromatic rings. The Bertz CT molecular complexity index is 1100. The molecule has 0 radical (unpaired) electrons. The van der Waals surface area contributed by atoms with Crippen LogP contribution in [0, 0.1) is 213 Å². The van der Waals surface area contributed by atoms with Gasteiger partial charge in [-0.05, 0) is 0 Å². The van der Waals surface area contributed by atoms with E-state index in [0.29, 0.717) is 0 Å². The minimum absolute atomic E-state index is 0. The van der Waals surface area contributed by atoms with Gasteiger partial charge >= 0.3 is 473 Å². The summed E-state index contributed by atoms with van der Waals surface area (Å²) >= 11 is 71.6. The molecule has 0 atom stereocenters. The van der Waals surface area contributed by atoms with E-state index in [1.54, 1.807) is 0 Å². The number of hydrogen-bond donors (Lipinski definition) is 4. The summed E-state index contributed by atoms with van der Waals surface area (Å²) < 4.78 is 0. The van der Waals surface area contributed by atoms with Crippen molar-refractivity contribution < 1.29 is 473 Å². The molecule has 20 nitrogen and oxygen atoms in total. The molecular weight excluding hydrogens is 1530 g/mol. The Kier molecular flexibility index (Phi) is 2120. The molecule has 0 aliphatic rings. The summed E-state index contributed by atoms with van der Waals surface area (Å²) in [6.07, 6.45) is 0. The second-order valence-electron chi connectivity index (χ2n) is 1.86. The smallest absolute Gasteiger partial charge is 0.696 e. The van der Waals surface area contributed by atoms with E-state index in [9.17, 15) is 0 Å². The van der Waals surface area contributed by atoms with Crippen LogP contribution in [0.1, 0.15) is 0 Å². The standard InChI is InChI=1S/20CHNS.16Na/c20*2-1-3;;;;;;;;;;;;;;;;/h20*3H;;;;;;;;;;;;;;;;/q;;;;;;;;;;;;;;;;;;;;16*+1/p-16. The SMILES string of the molecule is N#CS.N#CS.N#CS.N#CS.N#C[S-].N#C[S-].N#C[S-].N#C[S-].N#C[S-].N#C[S-].N#C[S-].N#C[S-].N#C[S-].N#C[S-].N#C[S-].N#C[S-].N#C[S-].N#C[S-].N#C[S-].N#C[S-].[Na+].[Na+].[Na+].[Na+].[Na+].[Na+].[Na+].[Na+].[Na+].[Na+].[Na+].[Na+].[Na+].[Na+].[Na+].[Na+]. The third-order valence-corrected chi connectivity index (χ3v) is 0. The molecular formula is C20H4N20Na16S20. The first-order chi connectivity index (χ1) is 28.3. The number of nitrogens with zero attached hydrogens (tertiary/aromatic N) is 20. The molecule has 0 rings (SSSR count). The fourth-order valence-corrected chi connectivity index (χ4v) is 0. The van der Waals surface area contributed by atoms with Crippen molar-refractivity contribution in [2.45, 2.75) is 0 Å². The van der Waals surface area contributed by atoms with Crippen LogP contribution in [0.2, 0.25) is 0 Å². The van der Waals surface area contributed by atoms with Gasteiger partial charge in [0, 0.05) is 0 Å². The van der Waals surface area contributed by atoms with Crippen LogP contribution in [0.25, 0.3) is 0 Å². The monoisotopic (exact) mass is 1530 g/mol. The minimum Gasteiger partial charge on any atom is -0.696 e. The maximum Gasteiger partial charge on any atom is 1.00 e. The molecule has 0 fully saturated rings. The minimum atomic E-state index is 0. The Balaban J connectivity index is -0.00000000645. The van der Waals surface area contributed by atoms with E-state index in [1.165, 1.54) is 108 Å². The molecule has 0 bridgehead atoms. The van der Waals surface area contributed by atoms with Gasteiger partial charge in [-0.15, -0.1) is 0 Å². The number of thiol groups is 4. The van der Waals surface area contributed by atoms with Crippen molar-refractivity contribution in [2.24, 2.45) is 0 Å². The Hall–Kier alpha value is 10.7. The van der Waals surface area contributed by atoms with E-state index in [-0.39, 0.29) is 473 Å². The molecule has 0 aliphatic carbocycles. The summed E-state index contributed by atoms with van der Waals surface area (Å²) in [5.74, 6) is 0. The molecule has 0 amide bonds. The third kappa shape index (κ3) is 5170. The summed E-state index contributed by atoms with van der Waals surface area (Å²) in [5.41, 5.74) is 0. The first-order valence-corrected chi connectivity index (χ1v) is 17.0. The molecule has 0 saturated carbocycles. The van der Waals surface area contributed by atoms with Crippen LogP contribution >= 0.6 is 50.5 Å². The first kappa shape index (κ1) is 248. The van der Waals surface area contributed by atoms with Crippen molar-refractivity contribution in [3.63, 3.8) is 0 Å². The van der Waals surface area contributed by atoms with Crippen LogP contribution in [0.4, 0.5) is 0 Å². The second-order valence-corrected chi connectivity index (χ2v) is 5.58. The topological polar surface area (TPSA) is 476 Å². The van der Waals surface area contributed by atoms with E-state index in [0.717, 1.165) is 0 Å². The van der Waals surface area contributed by atoms with Gasteiger partial charge in [0.2, 0.25) is 0 Å². The maximum absolute atomic E-state index is 7.18. The Morgan fingerprint density at radius 3 is 0.132 bits per heavy atom. The summed E-state index contributed by atoms with van der Waals surface area (Å²) in [6, 6.07) is 0. The molecule has 320 valence electrons. The summed E-state index contributed by atoms with van der Waals surface area (Å²) in [5, 5.41) is 170. The number of hydrogen-bond acceptors (Lipinski definition) is 40. The average molecular weight is 1530 g/mol. The van der Waals surface area contributed by atoms with Gasteiger partial charge in [0.05, 0.1) is 0 Å². The number of nitriles is 20. The van der Waals surface area contributed by atoms with Crippen molar-refractivity contribution >= 4 is 253 Å². The van der Waals surface area contributed by atoms with Gasteiger partial charge in [-0.1, -0.05) is 137 Å². The van der Waals surface area contributed by atoms with Crippen molar-refractivity contribution in [3.05, 3.63) is 0 Å².